The second kappa shape index (κ2) is 9.68. The topological polar surface area (TPSA) is 85.3 Å². The molecule has 180 valence electrons. The van der Waals surface area contributed by atoms with Crippen LogP contribution in [0.4, 0.5) is 10.1 Å². The number of hydrogen-bond donors (Lipinski definition) is 1. The Morgan fingerprint density at radius 1 is 0.943 bits per heavy atom. The van der Waals surface area contributed by atoms with Crippen LogP contribution in [0.25, 0.3) is 5.76 Å². The van der Waals surface area contributed by atoms with Gasteiger partial charge in [0, 0.05) is 17.3 Å². The van der Waals surface area contributed by atoms with E-state index in [1.54, 1.807) is 12.1 Å². The average molecular weight is 498 g/mol. The minimum absolute atomic E-state index is 0.0210. The van der Waals surface area contributed by atoms with Gasteiger partial charge in [0.15, 0.2) is 0 Å². The summed E-state index contributed by atoms with van der Waals surface area (Å²) in [6.07, 6.45) is 0. The lowest BCUT2D eigenvalue weighted by atomic mass is 9.94. The highest BCUT2D eigenvalue weighted by molar-refractivity contribution is 6.52. The van der Waals surface area contributed by atoms with Crippen LogP contribution < -0.4 is 19.1 Å². The molecular formula is C26H21ClFNO6. The van der Waals surface area contributed by atoms with Crippen LogP contribution in [-0.2, 0) is 9.59 Å². The molecule has 1 saturated heterocycles. The van der Waals surface area contributed by atoms with Crippen LogP contribution in [0.3, 0.4) is 0 Å². The largest absolute Gasteiger partial charge is 0.507 e. The van der Waals surface area contributed by atoms with Crippen LogP contribution in [0.5, 0.6) is 17.2 Å². The molecule has 0 aliphatic carbocycles. The zero-order valence-electron chi connectivity index (χ0n) is 19.0. The van der Waals surface area contributed by atoms with Crippen LogP contribution >= 0.6 is 11.6 Å². The summed E-state index contributed by atoms with van der Waals surface area (Å²) in [5.41, 5.74) is 0.0930. The number of carbonyl (C=O) groups is 2. The van der Waals surface area contributed by atoms with Gasteiger partial charge in [-0.05, 0) is 36.4 Å². The minimum Gasteiger partial charge on any atom is -0.507 e. The quantitative estimate of drug-likeness (QED) is 0.289. The van der Waals surface area contributed by atoms with Gasteiger partial charge in [0.05, 0.1) is 43.5 Å². The van der Waals surface area contributed by atoms with Crippen LogP contribution in [0, 0.1) is 5.82 Å². The fourth-order valence-electron chi connectivity index (χ4n) is 4.03. The number of amides is 1. The molecule has 1 fully saturated rings. The summed E-state index contributed by atoms with van der Waals surface area (Å²) in [5, 5.41) is 11.5. The third-order valence-electron chi connectivity index (χ3n) is 5.72. The van der Waals surface area contributed by atoms with E-state index in [0.29, 0.717) is 11.5 Å². The van der Waals surface area contributed by atoms with Gasteiger partial charge in [0.25, 0.3) is 11.7 Å². The summed E-state index contributed by atoms with van der Waals surface area (Å²) in [4.78, 5) is 27.6. The summed E-state index contributed by atoms with van der Waals surface area (Å²) >= 11 is 6.27. The number of hydrogen-bond acceptors (Lipinski definition) is 6. The van der Waals surface area contributed by atoms with Crippen molar-refractivity contribution in [3.8, 4) is 17.2 Å². The summed E-state index contributed by atoms with van der Waals surface area (Å²) in [5.74, 6) is -2.09. The molecule has 0 bridgehead atoms. The van der Waals surface area contributed by atoms with Gasteiger partial charge >= 0.3 is 0 Å². The van der Waals surface area contributed by atoms with E-state index >= 15 is 4.39 Å². The van der Waals surface area contributed by atoms with E-state index in [1.807, 2.05) is 0 Å². The molecule has 0 spiro atoms. The maximum atomic E-state index is 15.0. The SMILES string of the molecule is COc1ccc(/C(O)=C2\C(=O)C(=O)N(c3ccc(OC)c(Cl)c3)C2c2ccccc2F)c(OC)c1. The maximum absolute atomic E-state index is 15.0. The minimum atomic E-state index is -1.27. The number of nitrogens with zero attached hydrogens (tertiary/aromatic N) is 1. The van der Waals surface area contributed by atoms with Crippen molar-refractivity contribution in [2.24, 2.45) is 0 Å². The lowest BCUT2D eigenvalue weighted by Crippen LogP contribution is -2.29. The number of ketones is 1. The molecule has 0 saturated carbocycles. The molecule has 1 unspecified atom stereocenters. The average Bonchev–Trinajstić information content (AvgIpc) is 3.13. The highest BCUT2D eigenvalue weighted by Crippen LogP contribution is 2.45. The van der Waals surface area contributed by atoms with E-state index in [1.165, 1.54) is 69.9 Å². The fraction of sp³-hybridized carbons (Fsp3) is 0.154. The Morgan fingerprint density at radius 3 is 2.29 bits per heavy atom. The summed E-state index contributed by atoms with van der Waals surface area (Å²) in [7, 11) is 4.30. The van der Waals surface area contributed by atoms with E-state index in [-0.39, 0.29) is 33.2 Å². The highest BCUT2D eigenvalue weighted by atomic mass is 35.5. The molecule has 1 N–H and O–H groups in total. The van der Waals surface area contributed by atoms with Gasteiger partial charge < -0.3 is 19.3 Å². The summed E-state index contributed by atoms with van der Waals surface area (Å²) < 4.78 is 30.7. The van der Waals surface area contributed by atoms with Crippen molar-refractivity contribution in [1.82, 2.24) is 0 Å². The lowest BCUT2D eigenvalue weighted by molar-refractivity contribution is -0.132. The second-order valence-corrected chi connectivity index (χ2v) is 7.98. The fourth-order valence-corrected chi connectivity index (χ4v) is 4.29. The van der Waals surface area contributed by atoms with Crippen LogP contribution in [-0.4, -0.2) is 38.1 Å². The molecule has 9 heteroatoms. The molecule has 0 aromatic heterocycles. The number of aliphatic hydroxyl groups is 1. The number of halogens is 2. The van der Waals surface area contributed by atoms with E-state index in [2.05, 4.69) is 0 Å². The molecular weight excluding hydrogens is 477 g/mol. The van der Waals surface area contributed by atoms with Crippen LogP contribution in [0.2, 0.25) is 5.02 Å². The van der Waals surface area contributed by atoms with Crippen molar-refractivity contribution >= 4 is 34.7 Å². The Hall–Kier alpha value is -4.04. The van der Waals surface area contributed by atoms with Gasteiger partial charge in [-0.15, -0.1) is 0 Å². The van der Waals surface area contributed by atoms with E-state index in [0.717, 1.165) is 4.90 Å². The number of anilines is 1. The Labute approximate surface area is 205 Å². The van der Waals surface area contributed by atoms with Gasteiger partial charge in [0.2, 0.25) is 0 Å². The maximum Gasteiger partial charge on any atom is 0.300 e. The van der Waals surface area contributed by atoms with Crippen molar-refractivity contribution in [3.05, 3.63) is 88.2 Å². The Kier molecular flexibility index (Phi) is 6.66. The molecule has 1 atom stereocenters. The van der Waals surface area contributed by atoms with Gasteiger partial charge in [-0.2, -0.15) is 0 Å². The normalized spacial score (nSPS) is 16.9. The number of rotatable bonds is 6. The van der Waals surface area contributed by atoms with Gasteiger partial charge in [-0.3, -0.25) is 14.5 Å². The van der Waals surface area contributed by atoms with E-state index in [4.69, 9.17) is 25.8 Å². The Morgan fingerprint density at radius 2 is 1.66 bits per heavy atom. The number of ether oxygens (including phenoxy) is 3. The van der Waals surface area contributed by atoms with Gasteiger partial charge in [0.1, 0.15) is 28.8 Å². The Bertz CT molecular complexity index is 1360. The molecule has 1 amide bonds. The monoisotopic (exact) mass is 497 g/mol. The Balaban J connectivity index is 1.98. The first-order valence-corrected chi connectivity index (χ1v) is 10.8. The molecule has 7 nitrogen and oxygen atoms in total. The van der Waals surface area contributed by atoms with Crippen LogP contribution in [0.1, 0.15) is 17.2 Å². The molecule has 4 rings (SSSR count). The molecule has 1 aliphatic heterocycles. The summed E-state index contributed by atoms with van der Waals surface area (Å²) in [6, 6.07) is 13.5. The molecule has 0 radical (unpaired) electrons. The first kappa shape index (κ1) is 24.1. The molecule has 1 aliphatic rings. The smallest absolute Gasteiger partial charge is 0.300 e. The number of aliphatic hydroxyl groups excluding tert-OH is 1. The first-order chi connectivity index (χ1) is 16.8. The van der Waals surface area contributed by atoms with Crippen molar-refractivity contribution in [1.29, 1.82) is 0 Å². The first-order valence-electron chi connectivity index (χ1n) is 10.4. The zero-order valence-corrected chi connectivity index (χ0v) is 19.8. The number of Topliss-reactive ketones (excluding diaryl/α,β-unsaturated/α-hetero) is 1. The standard InChI is InChI=1S/C26H21ClFNO6/c1-33-15-9-10-17(21(13-15)35-3)24(30)22-23(16-6-4-5-7-19(16)28)29(26(32)25(22)31)14-8-11-20(34-2)18(27)12-14/h4-13,23,30H,1-3H3/b24-22+. The second-order valence-electron chi connectivity index (χ2n) is 7.58. The molecule has 1 heterocycles. The van der Waals surface area contributed by atoms with Crippen molar-refractivity contribution < 1.29 is 33.3 Å². The number of methoxy groups -OCH3 is 3. The van der Waals surface area contributed by atoms with Gasteiger partial charge in [-0.25, -0.2) is 4.39 Å². The molecule has 3 aromatic rings. The number of carbonyl (C=O) groups excluding carboxylic acids is 2. The van der Waals surface area contributed by atoms with Crippen molar-refractivity contribution in [3.63, 3.8) is 0 Å². The predicted molar refractivity (Wildman–Crippen MR) is 129 cm³/mol. The zero-order chi connectivity index (χ0) is 25.3. The highest BCUT2D eigenvalue weighted by Gasteiger charge is 2.48. The van der Waals surface area contributed by atoms with E-state index in [9.17, 15) is 14.7 Å². The lowest BCUT2D eigenvalue weighted by Gasteiger charge is -2.26. The third-order valence-corrected chi connectivity index (χ3v) is 6.02. The van der Waals surface area contributed by atoms with E-state index < -0.39 is 29.3 Å². The van der Waals surface area contributed by atoms with Crippen molar-refractivity contribution in [2.75, 3.05) is 26.2 Å². The predicted octanol–water partition coefficient (Wildman–Crippen LogP) is 5.13. The number of benzene rings is 3. The van der Waals surface area contributed by atoms with Crippen molar-refractivity contribution in [2.45, 2.75) is 6.04 Å². The molecule has 3 aromatic carbocycles. The van der Waals surface area contributed by atoms with Crippen LogP contribution in [0.15, 0.2) is 66.2 Å². The molecule has 35 heavy (non-hydrogen) atoms. The summed E-state index contributed by atoms with van der Waals surface area (Å²) in [6.45, 7) is 0. The third kappa shape index (κ3) is 4.17. The van der Waals surface area contributed by atoms with Gasteiger partial charge in [-0.1, -0.05) is 29.8 Å².